The van der Waals surface area contributed by atoms with Gasteiger partial charge in [0, 0.05) is 25.5 Å². The number of benzene rings is 10. The average Bonchev–Trinajstić information content (AvgIpc) is 3.31. The Bertz CT molecular complexity index is 3310. The zero-order chi connectivity index (χ0) is 40.8. The fourth-order valence-corrected chi connectivity index (χ4v) is 10.1. The molecule has 0 fully saturated rings. The molecule has 0 saturated heterocycles. The van der Waals surface area contributed by atoms with Gasteiger partial charge in [-0.15, -0.1) is 0 Å². The zero-order valence-electron chi connectivity index (χ0n) is 34.3. The van der Waals surface area contributed by atoms with Crippen LogP contribution in [-0.2, 0) is 0 Å². The van der Waals surface area contributed by atoms with Crippen LogP contribution >= 0.6 is 0 Å². The molecule has 2 aliphatic heterocycles. The van der Waals surface area contributed by atoms with Gasteiger partial charge in [-0.1, -0.05) is 127 Å². The number of para-hydroxylation sites is 8. The molecule has 0 saturated carbocycles. The molecule has 0 amide bonds. The van der Waals surface area contributed by atoms with Crippen molar-refractivity contribution < 1.29 is 0 Å². The molecule has 2 aliphatic rings. The van der Waals surface area contributed by atoms with Crippen LogP contribution in [0.1, 0.15) is 5.56 Å². The Morgan fingerprint density at radius 2 is 0.705 bits per heavy atom. The van der Waals surface area contributed by atoms with Crippen molar-refractivity contribution in [3.63, 3.8) is 0 Å². The number of aryl methyl sites for hydroxylation is 1. The van der Waals surface area contributed by atoms with Gasteiger partial charge in [0.05, 0.1) is 45.5 Å². The smallest absolute Gasteiger partial charge is 0.0699 e. The number of nitrogens with zero attached hydrogens (tertiary/aromatic N) is 4. The lowest BCUT2D eigenvalue weighted by molar-refractivity contribution is 1.13. The summed E-state index contributed by atoms with van der Waals surface area (Å²) in [7, 11) is 4.34. The van der Waals surface area contributed by atoms with Gasteiger partial charge in [0.15, 0.2) is 0 Å². The van der Waals surface area contributed by atoms with Crippen LogP contribution in [0.3, 0.4) is 0 Å². The average molecular weight is 783 g/mol. The highest BCUT2D eigenvalue weighted by Gasteiger charge is 2.30. The first-order chi connectivity index (χ1) is 30.0. The van der Waals surface area contributed by atoms with E-state index in [1.807, 2.05) is 0 Å². The predicted molar refractivity (Wildman–Crippen MR) is 260 cm³/mol. The third-order valence-corrected chi connectivity index (χ3v) is 12.9. The molecule has 0 radical (unpaired) electrons. The SMILES string of the molecule is Cc1cccc(-c2c3ccc(N4c5ccccc5N(C)c5ccccc54)cc3c(-c3ccc4ccccc4c3)c3ccc(N4c5ccccc5N(C)c5ccccc54)cc23)c1. The Balaban J connectivity index is 1.19. The number of rotatable bonds is 4. The molecular weight excluding hydrogens is 741 g/mol. The minimum atomic E-state index is 1.12. The third kappa shape index (κ3) is 5.39. The van der Waals surface area contributed by atoms with Gasteiger partial charge in [0.25, 0.3) is 0 Å². The van der Waals surface area contributed by atoms with Gasteiger partial charge < -0.3 is 19.6 Å². The maximum Gasteiger partial charge on any atom is 0.0699 e. The van der Waals surface area contributed by atoms with Crippen molar-refractivity contribution in [1.82, 2.24) is 0 Å². The topological polar surface area (TPSA) is 13.0 Å². The van der Waals surface area contributed by atoms with Crippen molar-refractivity contribution in [3.05, 3.63) is 206 Å². The minimum Gasteiger partial charge on any atom is -0.341 e. The van der Waals surface area contributed by atoms with E-state index in [9.17, 15) is 0 Å². The second-order valence-electron chi connectivity index (χ2n) is 16.4. The van der Waals surface area contributed by atoms with Crippen LogP contribution in [0, 0.1) is 6.92 Å². The van der Waals surface area contributed by atoms with E-state index in [1.165, 1.54) is 82.9 Å². The molecule has 0 bridgehead atoms. The number of hydrogen-bond acceptors (Lipinski definition) is 4. The van der Waals surface area contributed by atoms with E-state index in [0.717, 1.165) is 34.1 Å². The molecule has 4 heteroatoms. The van der Waals surface area contributed by atoms with Gasteiger partial charge in [0.1, 0.15) is 0 Å². The standard InChI is InChI=1S/C57H42N4/c1-37-15-14-18-40(33-37)56-44-31-29-43(61-54-25-12-8-21-50(54)59(3)51-22-9-13-26-55(51)61)36-47(44)57(41-28-27-38-16-4-5-17-39(38)34-41)45-32-30-42(35-46(45)56)60-52-23-10-6-19-48(52)58(2)49-20-7-11-24-53(49)60/h4-36H,1-3H3. The first-order valence-electron chi connectivity index (χ1n) is 21.1. The third-order valence-electron chi connectivity index (χ3n) is 12.9. The molecule has 0 aromatic heterocycles. The van der Waals surface area contributed by atoms with Crippen LogP contribution in [-0.4, -0.2) is 14.1 Å². The van der Waals surface area contributed by atoms with Gasteiger partial charge in [0.2, 0.25) is 0 Å². The molecule has 0 aliphatic carbocycles. The van der Waals surface area contributed by atoms with Gasteiger partial charge in [-0.3, -0.25) is 0 Å². The van der Waals surface area contributed by atoms with Crippen molar-refractivity contribution >= 4 is 89.2 Å². The van der Waals surface area contributed by atoms with Crippen LogP contribution in [0.25, 0.3) is 54.6 Å². The van der Waals surface area contributed by atoms with Crippen molar-refractivity contribution in [2.75, 3.05) is 33.7 Å². The zero-order valence-corrected chi connectivity index (χ0v) is 34.3. The largest absolute Gasteiger partial charge is 0.341 e. The van der Waals surface area contributed by atoms with Crippen molar-refractivity contribution in [2.45, 2.75) is 6.92 Å². The monoisotopic (exact) mass is 782 g/mol. The molecule has 0 unspecified atom stereocenters. The summed E-state index contributed by atoms with van der Waals surface area (Å²) in [4.78, 5) is 9.49. The lowest BCUT2D eigenvalue weighted by Gasteiger charge is -2.39. The predicted octanol–water partition coefficient (Wildman–Crippen LogP) is 15.9. The summed E-state index contributed by atoms with van der Waals surface area (Å²) in [6, 6.07) is 73.9. The van der Waals surface area contributed by atoms with Crippen LogP contribution in [0.4, 0.5) is 56.9 Å². The van der Waals surface area contributed by atoms with E-state index in [1.54, 1.807) is 0 Å². The molecule has 290 valence electrons. The summed E-state index contributed by atoms with van der Waals surface area (Å²) in [5, 5.41) is 7.33. The van der Waals surface area contributed by atoms with Crippen molar-refractivity contribution in [3.8, 4) is 22.3 Å². The summed E-state index contributed by atoms with van der Waals surface area (Å²) in [5.41, 5.74) is 17.7. The molecule has 0 atom stereocenters. The van der Waals surface area contributed by atoms with E-state index < -0.39 is 0 Å². The van der Waals surface area contributed by atoms with E-state index in [4.69, 9.17) is 0 Å². The van der Waals surface area contributed by atoms with E-state index in [-0.39, 0.29) is 0 Å². The van der Waals surface area contributed by atoms with E-state index in [0.29, 0.717) is 0 Å². The summed E-state index contributed by atoms with van der Waals surface area (Å²) >= 11 is 0. The molecule has 10 aromatic rings. The van der Waals surface area contributed by atoms with Crippen LogP contribution in [0.2, 0.25) is 0 Å². The fraction of sp³-hybridized carbons (Fsp3) is 0.0526. The highest BCUT2D eigenvalue weighted by molar-refractivity contribution is 6.23. The summed E-state index contributed by atoms with van der Waals surface area (Å²) in [6.45, 7) is 2.20. The Morgan fingerprint density at radius 3 is 1.16 bits per heavy atom. The van der Waals surface area contributed by atoms with Gasteiger partial charge in [-0.25, -0.2) is 0 Å². The Hall–Kier alpha value is -7.82. The molecule has 61 heavy (non-hydrogen) atoms. The van der Waals surface area contributed by atoms with E-state index >= 15 is 0 Å². The Morgan fingerprint density at radius 1 is 0.295 bits per heavy atom. The maximum atomic E-state index is 2.44. The molecule has 10 aromatic carbocycles. The number of hydrogen-bond donors (Lipinski definition) is 0. The fourth-order valence-electron chi connectivity index (χ4n) is 10.1. The quantitative estimate of drug-likeness (QED) is 0.165. The lowest BCUT2D eigenvalue weighted by atomic mass is 9.84. The molecule has 2 heterocycles. The lowest BCUT2D eigenvalue weighted by Crippen LogP contribution is -2.24. The Kier molecular flexibility index (Phi) is 7.85. The maximum absolute atomic E-state index is 2.44. The highest BCUT2D eigenvalue weighted by atomic mass is 15.3. The first kappa shape index (κ1) is 35.2. The summed E-state index contributed by atoms with van der Waals surface area (Å²) < 4.78 is 0. The molecule has 0 spiro atoms. The van der Waals surface area contributed by atoms with Crippen LogP contribution < -0.4 is 19.6 Å². The van der Waals surface area contributed by atoms with Crippen LogP contribution in [0.15, 0.2) is 200 Å². The second kappa shape index (κ2) is 13.6. The molecule has 4 nitrogen and oxygen atoms in total. The summed E-state index contributed by atoms with van der Waals surface area (Å²) in [5.74, 6) is 0. The Labute approximate surface area is 356 Å². The van der Waals surface area contributed by atoms with Crippen molar-refractivity contribution in [1.29, 1.82) is 0 Å². The highest BCUT2D eigenvalue weighted by Crippen LogP contribution is 2.55. The number of anilines is 10. The number of fused-ring (bicyclic) bond motifs is 7. The molecule has 12 rings (SSSR count). The van der Waals surface area contributed by atoms with Crippen molar-refractivity contribution in [2.24, 2.45) is 0 Å². The first-order valence-corrected chi connectivity index (χ1v) is 21.1. The van der Waals surface area contributed by atoms with Gasteiger partial charge in [-0.2, -0.15) is 0 Å². The molecule has 0 N–H and O–H groups in total. The normalized spacial score (nSPS) is 13.0. The van der Waals surface area contributed by atoms with Gasteiger partial charge in [-0.05, 0) is 140 Å². The molecular formula is C57H42N4. The minimum absolute atomic E-state index is 1.12. The van der Waals surface area contributed by atoms with E-state index in [2.05, 4.69) is 241 Å². The second-order valence-corrected chi connectivity index (χ2v) is 16.4. The van der Waals surface area contributed by atoms with Gasteiger partial charge >= 0.3 is 0 Å². The van der Waals surface area contributed by atoms with Crippen LogP contribution in [0.5, 0.6) is 0 Å². The summed E-state index contributed by atoms with van der Waals surface area (Å²) in [6.07, 6.45) is 0.